The van der Waals surface area contributed by atoms with E-state index in [2.05, 4.69) is 29.8 Å². The van der Waals surface area contributed by atoms with Gasteiger partial charge in [-0.3, -0.25) is 19.2 Å². The maximum absolute atomic E-state index is 14.4. The van der Waals surface area contributed by atoms with Crippen LogP contribution in [0.5, 0.6) is 0 Å². The largest absolute Gasteiger partial charge is 0.346 e. The Balaban J connectivity index is 1.62. The van der Waals surface area contributed by atoms with Crippen molar-refractivity contribution < 1.29 is 29.2 Å². The lowest BCUT2D eigenvalue weighted by Gasteiger charge is -2.51. The molecule has 3 heterocycles. The molecule has 2 saturated heterocycles. The Morgan fingerprint density at radius 1 is 0.907 bits per heavy atom. The van der Waals surface area contributed by atoms with Crippen molar-refractivity contribution in [1.82, 2.24) is 25.9 Å². The van der Waals surface area contributed by atoms with Crippen LogP contribution in [0.4, 0.5) is 4.79 Å². The van der Waals surface area contributed by atoms with E-state index >= 15 is 0 Å². The summed E-state index contributed by atoms with van der Waals surface area (Å²) in [6.45, 7) is 16.6. The van der Waals surface area contributed by atoms with Crippen molar-refractivity contribution in [3.63, 3.8) is 0 Å². The van der Waals surface area contributed by atoms with Crippen LogP contribution >= 0.6 is 0 Å². The molecule has 0 aromatic heterocycles. The van der Waals surface area contributed by atoms with E-state index in [1.54, 1.807) is 4.90 Å². The zero-order valence-electron chi connectivity index (χ0n) is 34.0. The molecule has 5 atom stereocenters. The van der Waals surface area contributed by atoms with Crippen LogP contribution in [0.1, 0.15) is 119 Å². The van der Waals surface area contributed by atoms with Gasteiger partial charge in [-0.25, -0.2) is 4.79 Å². The molecule has 3 aliphatic heterocycles. The number of urea groups is 1. The van der Waals surface area contributed by atoms with Crippen LogP contribution in [0.3, 0.4) is 0 Å². The van der Waals surface area contributed by atoms with Crippen LogP contribution in [-0.2, 0) is 25.6 Å². The van der Waals surface area contributed by atoms with E-state index in [1.807, 2.05) is 84.0 Å². The van der Waals surface area contributed by atoms with Gasteiger partial charge in [0.1, 0.15) is 0 Å². The van der Waals surface area contributed by atoms with Crippen LogP contribution in [-0.4, -0.2) is 86.9 Å². The second-order valence-electron chi connectivity index (χ2n) is 18.1. The van der Waals surface area contributed by atoms with E-state index in [-0.39, 0.29) is 66.0 Å². The van der Waals surface area contributed by atoms with Crippen molar-refractivity contribution in [3.05, 3.63) is 48.0 Å². The molecule has 1 aromatic rings. The predicted molar refractivity (Wildman–Crippen MR) is 211 cm³/mol. The number of Topliss-reactive ketones (excluding diaryl/α,β-unsaturated/α-hetero) is 2. The molecule has 300 valence electrons. The Bertz CT molecular complexity index is 1470. The van der Waals surface area contributed by atoms with Gasteiger partial charge >= 0.3 is 6.03 Å². The number of ketones is 2. The molecule has 54 heavy (non-hydrogen) atoms. The van der Waals surface area contributed by atoms with Crippen LogP contribution in [0.15, 0.2) is 42.5 Å². The summed E-state index contributed by atoms with van der Waals surface area (Å²) in [6.07, 6.45) is 8.43. The maximum Gasteiger partial charge on any atom is 0.315 e. The second-order valence-corrected chi connectivity index (χ2v) is 18.1. The van der Waals surface area contributed by atoms with E-state index in [9.17, 15) is 29.2 Å². The average Bonchev–Trinajstić information content (AvgIpc) is 3.58. The van der Waals surface area contributed by atoms with Gasteiger partial charge in [0.2, 0.25) is 11.8 Å². The second kappa shape index (κ2) is 18.8. The molecule has 4 N–H and O–H groups in total. The number of hydroxylamine groups is 2. The minimum Gasteiger partial charge on any atom is -0.346 e. The highest BCUT2D eigenvalue weighted by Gasteiger charge is 2.46. The van der Waals surface area contributed by atoms with E-state index < -0.39 is 35.0 Å². The number of carbonyl (C=O) groups is 5. The number of amides is 4. The van der Waals surface area contributed by atoms with Crippen LogP contribution in [0.2, 0.25) is 0 Å². The molecule has 0 aliphatic carbocycles. The molecule has 0 spiro atoms. The Morgan fingerprint density at radius 2 is 1.57 bits per heavy atom. The zero-order chi connectivity index (χ0) is 39.8. The molecule has 4 amide bonds. The van der Waals surface area contributed by atoms with Crippen molar-refractivity contribution in [2.24, 2.45) is 29.6 Å². The fourth-order valence-corrected chi connectivity index (χ4v) is 9.00. The number of nitrogens with one attached hydrogen (secondary N) is 3. The van der Waals surface area contributed by atoms with Crippen LogP contribution < -0.4 is 16.0 Å². The first kappa shape index (κ1) is 43.2. The van der Waals surface area contributed by atoms with Crippen molar-refractivity contribution in [2.45, 2.75) is 149 Å². The van der Waals surface area contributed by atoms with E-state index in [0.29, 0.717) is 64.5 Å². The van der Waals surface area contributed by atoms with Crippen LogP contribution in [0, 0.1) is 29.6 Å². The first-order valence-electron chi connectivity index (χ1n) is 20.3. The number of rotatable bonds is 8. The molecular weight excluding hydrogens is 683 g/mol. The molecule has 2 fully saturated rings. The standard InChI is InChI=1S/C43H67N5O6/c1-28(2)22-33-19-18-32(23-30-14-10-9-11-15-30)40(52)47-21-13-17-36(47)38(50)25-34(29(3)4)39(51)46-35(16-12-20-44-41(53)45-33)37(49)24-31-26-42(5,6)48(54)43(7,8)27-31/h9-11,14-15,18-19,28-29,31-36,54H,12-13,16-17,20-27H2,1-8H3,(H,46,51)(H2,44,45,53)/b19-18+. The molecular formula is C43H67N5O6. The summed E-state index contributed by atoms with van der Waals surface area (Å²) in [4.78, 5) is 71.5. The zero-order valence-corrected chi connectivity index (χ0v) is 34.0. The summed E-state index contributed by atoms with van der Waals surface area (Å²) < 4.78 is 0. The number of carbonyl (C=O) groups excluding carboxylic acids is 5. The van der Waals surface area contributed by atoms with Gasteiger partial charge in [0.05, 0.1) is 18.0 Å². The fraction of sp³-hybridized carbons (Fsp3) is 0.698. The molecule has 0 bridgehead atoms. The number of nitrogens with zero attached hydrogens (tertiary/aromatic N) is 2. The third kappa shape index (κ3) is 11.7. The lowest BCUT2D eigenvalue weighted by atomic mass is 9.73. The third-order valence-corrected chi connectivity index (χ3v) is 11.6. The first-order chi connectivity index (χ1) is 25.4. The van der Waals surface area contributed by atoms with Gasteiger partial charge in [0.15, 0.2) is 11.6 Å². The molecule has 11 heteroatoms. The minimum absolute atomic E-state index is 0.00806. The Kier molecular flexibility index (Phi) is 15.1. The number of hydrogen-bond donors (Lipinski definition) is 4. The van der Waals surface area contributed by atoms with Crippen LogP contribution in [0.25, 0.3) is 0 Å². The smallest absolute Gasteiger partial charge is 0.315 e. The lowest BCUT2D eigenvalue weighted by molar-refractivity contribution is -0.251. The first-order valence-corrected chi connectivity index (χ1v) is 20.3. The van der Waals surface area contributed by atoms with Crippen molar-refractivity contribution in [1.29, 1.82) is 0 Å². The Hall–Kier alpha value is -3.57. The third-order valence-electron chi connectivity index (χ3n) is 11.6. The van der Waals surface area contributed by atoms with Crippen molar-refractivity contribution in [2.75, 3.05) is 13.1 Å². The van der Waals surface area contributed by atoms with E-state index in [0.717, 1.165) is 5.56 Å². The minimum atomic E-state index is -0.792. The summed E-state index contributed by atoms with van der Waals surface area (Å²) in [5, 5.41) is 21.3. The quantitative estimate of drug-likeness (QED) is 0.230. The summed E-state index contributed by atoms with van der Waals surface area (Å²) in [6, 6.07) is 7.71. The Labute approximate surface area is 323 Å². The van der Waals surface area contributed by atoms with E-state index in [4.69, 9.17) is 0 Å². The van der Waals surface area contributed by atoms with Crippen molar-refractivity contribution >= 4 is 29.4 Å². The number of benzene rings is 1. The van der Waals surface area contributed by atoms with Gasteiger partial charge in [0, 0.05) is 49.0 Å². The average molecular weight is 750 g/mol. The molecule has 0 radical (unpaired) electrons. The summed E-state index contributed by atoms with van der Waals surface area (Å²) >= 11 is 0. The number of fused-ring (bicyclic) bond motifs is 1. The Morgan fingerprint density at radius 3 is 2.20 bits per heavy atom. The number of hydrogen-bond acceptors (Lipinski definition) is 7. The molecule has 0 saturated carbocycles. The normalized spacial score (nSPS) is 28.7. The highest BCUT2D eigenvalue weighted by atomic mass is 16.5. The topological polar surface area (TPSA) is 148 Å². The summed E-state index contributed by atoms with van der Waals surface area (Å²) in [7, 11) is 0. The molecule has 5 unspecified atom stereocenters. The van der Waals surface area contributed by atoms with Gasteiger partial charge in [0.25, 0.3) is 0 Å². The van der Waals surface area contributed by atoms with Crippen molar-refractivity contribution in [3.8, 4) is 0 Å². The maximum atomic E-state index is 14.4. The molecule has 11 nitrogen and oxygen atoms in total. The highest BCUT2D eigenvalue weighted by molar-refractivity contribution is 5.95. The van der Waals surface area contributed by atoms with Gasteiger partial charge in [-0.2, -0.15) is 5.06 Å². The predicted octanol–water partition coefficient (Wildman–Crippen LogP) is 6.23. The number of piperidine rings is 1. The van der Waals surface area contributed by atoms with E-state index in [1.165, 1.54) is 5.06 Å². The monoisotopic (exact) mass is 750 g/mol. The highest BCUT2D eigenvalue weighted by Crippen LogP contribution is 2.41. The fourth-order valence-electron chi connectivity index (χ4n) is 9.00. The van der Waals surface area contributed by atoms with Gasteiger partial charge in [-0.1, -0.05) is 70.2 Å². The SMILES string of the molecule is CC(C)CC1/C=C/C(Cc2ccccc2)C(=O)N2CCCC2C(=O)CC(C(C)C)C(=O)NC(C(=O)CC2CC(C)(C)N(O)C(C)(C)C2)CCCNC(=O)N1. The van der Waals surface area contributed by atoms with Gasteiger partial charge in [-0.05, 0) is 102 Å². The summed E-state index contributed by atoms with van der Waals surface area (Å²) in [5.74, 6) is -1.82. The summed E-state index contributed by atoms with van der Waals surface area (Å²) in [5.41, 5.74) is -0.0427. The van der Waals surface area contributed by atoms with Gasteiger partial charge < -0.3 is 26.1 Å². The molecule has 3 aliphatic rings. The van der Waals surface area contributed by atoms with Gasteiger partial charge in [-0.15, -0.1) is 0 Å². The molecule has 4 rings (SSSR count). The molecule has 1 aromatic carbocycles. The lowest BCUT2D eigenvalue weighted by Crippen LogP contribution is -2.59.